The molecular weight excluding hydrogens is 270 g/mol. The summed E-state index contributed by atoms with van der Waals surface area (Å²) in [5.74, 6) is 0. The van der Waals surface area contributed by atoms with Gasteiger partial charge in [0.1, 0.15) is 5.00 Å². The van der Waals surface area contributed by atoms with E-state index >= 15 is 0 Å². The molecule has 0 aliphatic heterocycles. The second-order valence-corrected chi connectivity index (χ2v) is 6.45. The van der Waals surface area contributed by atoms with Crippen LogP contribution >= 0.6 is 11.5 Å². The van der Waals surface area contributed by atoms with Crippen molar-refractivity contribution in [2.75, 3.05) is 12.4 Å². The molecular formula is C15H27N3OS. The van der Waals surface area contributed by atoms with Gasteiger partial charge in [0, 0.05) is 18.5 Å². The van der Waals surface area contributed by atoms with E-state index in [9.17, 15) is 4.79 Å². The normalized spacial score (nSPS) is 13.1. The van der Waals surface area contributed by atoms with E-state index in [1.54, 1.807) is 4.90 Å². The van der Waals surface area contributed by atoms with E-state index in [4.69, 9.17) is 0 Å². The summed E-state index contributed by atoms with van der Waals surface area (Å²) in [4.78, 5) is 13.8. The number of hydrogen-bond donors (Lipinski definition) is 1. The summed E-state index contributed by atoms with van der Waals surface area (Å²) in [6.07, 6.45) is 3.04. The molecule has 2 amide bonds. The van der Waals surface area contributed by atoms with Crippen molar-refractivity contribution in [2.24, 2.45) is 0 Å². The first-order chi connectivity index (χ1) is 9.37. The number of anilines is 1. The molecule has 1 unspecified atom stereocenters. The summed E-state index contributed by atoms with van der Waals surface area (Å²) < 4.78 is 4.52. The van der Waals surface area contributed by atoms with Crippen LogP contribution in [0.5, 0.6) is 0 Å². The molecule has 0 aliphatic rings. The Labute approximate surface area is 126 Å². The Kier molecular flexibility index (Phi) is 5.99. The maximum absolute atomic E-state index is 12.1. The predicted molar refractivity (Wildman–Crippen MR) is 86.6 cm³/mol. The third-order valence-electron chi connectivity index (χ3n) is 4.49. The zero-order chi connectivity index (χ0) is 15.3. The summed E-state index contributed by atoms with van der Waals surface area (Å²) in [5, 5.41) is 3.77. The number of hydrogen-bond acceptors (Lipinski definition) is 3. The lowest BCUT2D eigenvalue weighted by Crippen LogP contribution is -2.37. The van der Waals surface area contributed by atoms with Crippen LogP contribution in [-0.2, 0) is 5.41 Å². The summed E-state index contributed by atoms with van der Waals surface area (Å²) in [7, 11) is 1.83. The number of amides is 2. The van der Waals surface area contributed by atoms with E-state index in [1.165, 1.54) is 11.5 Å². The molecule has 0 fully saturated rings. The van der Waals surface area contributed by atoms with E-state index in [0.717, 1.165) is 30.0 Å². The van der Waals surface area contributed by atoms with Crippen LogP contribution in [-0.4, -0.2) is 28.4 Å². The van der Waals surface area contributed by atoms with Crippen LogP contribution < -0.4 is 5.32 Å². The van der Waals surface area contributed by atoms with Gasteiger partial charge in [-0.1, -0.05) is 27.7 Å². The molecule has 0 bridgehead atoms. The highest BCUT2D eigenvalue weighted by atomic mass is 32.1. The maximum atomic E-state index is 12.1. The quantitative estimate of drug-likeness (QED) is 0.841. The SMILES string of the molecule is CCC(C)N(C)C(=O)Nc1cc(C(C)(CC)CC)ns1. The van der Waals surface area contributed by atoms with E-state index in [-0.39, 0.29) is 17.5 Å². The molecule has 1 atom stereocenters. The number of nitrogens with one attached hydrogen (secondary N) is 1. The van der Waals surface area contributed by atoms with Crippen LogP contribution in [0, 0.1) is 0 Å². The average Bonchev–Trinajstić information content (AvgIpc) is 2.93. The molecule has 1 aromatic heterocycles. The van der Waals surface area contributed by atoms with Crippen molar-refractivity contribution in [3.63, 3.8) is 0 Å². The van der Waals surface area contributed by atoms with Crippen LogP contribution in [0.25, 0.3) is 0 Å². The van der Waals surface area contributed by atoms with Crippen molar-refractivity contribution in [3.05, 3.63) is 11.8 Å². The molecule has 1 N–H and O–H groups in total. The summed E-state index contributed by atoms with van der Waals surface area (Å²) in [5.41, 5.74) is 1.18. The van der Waals surface area contributed by atoms with Crippen molar-refractivity contribution in [1.82, 2.24) is 9.27 Å². The fourth-order valence-electron chi connectivity index (χ4n) is 1.90. The highest BCUT2D eigenvalue weighted by Gasteiger charge is 2.26. The largest absolute Gasteiger partial charge is 0.325 e. The summed E-state index contributed by atoms with van der Waals surface area (Å²) >= 11 is 1.36. The van der Waals surface area contributed by atoms with E-state index in [2.05, 4.69) is 37.4 Å². The van der Waals surface area contributed by atoms with Crippen molar-refractivity contribution in [3.8, 4) is 0 Å². The Hall–Kier alpha value is -1.10. The van der Waals surface area contributed by atoms with Crippen LogP contribution in [0.15, 0.2) is 6.07 Å². The smallest absolute Gasteiger partial charge is 0.322 e. The zero-order valence-corrected chi connectivity index (χ0v) is 14.3. The van der Waals surface area contributed by atoms with Crippen molar-refractivity contribution in [2.45, 2.75) is 65.3 Å². The standard InChI is InChI=1S/C15H27N3OS/c1-7-11(4)18(6)14(19)16-13-10-12(17-20-13)15(5,8-2)9-3/h10-11H,7-9H2,1-6H3,(H,16,19). The molecule has 0 aromatic carbocycles. The fraction of sp³-hybridized carbons (Fsp3) is 0.733. The molecule has 0 saturated heterocycles. The number of carbonyl (C=O) groups is 1. The monoisotopic (exact) mass is 297 g/mol. The van der Waals surface area contributed by atoms with Gasteiger partial charge >= 0.3 is 6.03 Å². The minimum atomic E-state index is -0.0655. The molecule has 114 valence electrons. The fourth-order valence-corrected chi connectivity index (χ4v) is 2.67. The number of carbonyl (C=O) groups excluding carboxylic acids is 1. The molecule has 1 aromatic rings. The Bertz CT molecular complexity index is 440. The van der Waals surface area contributed by atoms with Gasteiger partial charge in [0.05, 0.1) is 5.69 Å². The minimum Gasteiger partial charge on any atom is -0.325 e. The summed E-state index contributed by atoms with van der Waals surface area (Å²) in [6, 6.07) is 2.18. The summed E-state index contributed by atoms with van der Waals surface area (Å²) in [6.45, 7) is 10.7. The molecule has 1 rings (SSSR count). The van der Waals surface area contributed by atoms with Gasteiger partial charge in [0.2, 0.25) is 0 Å². The van der Waals surface area contributed by atoms with E-state index in [0.29, 0.717) is 0 Å². The Morgan fingerprint density at radius 1 is 1.45 bits per heavy atom. The molecule has 0 saturated carbocycles. The highest BCUT2D eigenvalue weighted by Crippen LogP contribution is 2.33. The van der Waals surface area contributed by atoms with Crippen molar-refractivity contribution in [1.29, 1.82) is 0 Å². The van der Waals surface area contributed by atoms with Gasteiger partial charge in [-0.3, -0.25) is 5.32 Å². The molecule has 1 heterocycles. The number of urea groups is 1. The van der Waals surface area contributed by atoms with Gasteiger partial charge in [-0.2, -0.15) is 4.37 Å². The Morgan fingerprint density at radius 2 is 2.05 bits per heavy atom. The molecule has 4 nitrogen and oxygen atoms in total. The van der Waals surface area contributed by atoms with E-state index < -0.39 is 0 Å². The Balaban J connectivity index is 2.76. The number of aromatic nitrogens is 1. The van der Waals surface area contributed by atoms with Gasteiger partial charge in [-0.05, 0) is 43.8 Å². The van der Waals surface area contributed by atoms with Crippen molar-refractivity contribution < 1.29 is 4.79 Å². The molecule has 0 aliphatic carbocycles. The lowest BCUT2D eigenvalue weighted by molar-refractivity contribution is 0.206. The number of nitrogens with zero attached hydrogens (tertiary/aromatic N) is 2. The lowest BCUT2D eigenvalue weighted by atomic mass is 9.81. The van der Waals surface area contributed by atoms with Gasteiger partial charge in [-0.15, -0.1) is 0 Å². The van der Waals surface area contributed by atoms with Crippen molar-refractivity contribution >= 4 is 22.6 Å². The van der Waals surface area contributed by atoms with Crippen LogP contribution in [0.1, 0.15) is 59.6 Å². The van der Waals surface area contributed by atoms with Gasteiger partial charge in [0.25, 0.3) is 0 Å². The lowest BCUT2D eigenvalue weighted by Gasteiger charge is -2.24. The van der Waals surface area contributed by atoms with Crippen LogP contribution in [0.4, 0.5) is 9.80 Å². The molecule has 0 radical (unpaired) electrons. The zero-order valence-electron chi connectivity index (χ0n) is 13.5. The third-order valence-corrected chi connectivity index (χ3v) is 5.20. The second-order valence-electron chi connectivity index (χ2n) is 5.64. The van der Waals surface area contributed by atoms with Gasteiger partial charge in [-0.25, -0.2) is 4.79 Å². The molecule has 20 heavy (non-hydrogen) atoms. The van der Waals surface area contributed by atoms with Gasteiger partial charge < -0.3 is 4.90 Å². The van der Waals surface area contributed by atoms with Gasteiger partial charge in [0.15, 0.2) is 0 Å². The van der Waals surface area contributed by atoms with E-state index in [1.807, 2.05) is 20.0 Å². The first-order valence-corrected chi connectivity index (χ1v) is 8.16. The van der Waals surface area contributed by atoms with Crippen LogP contribution in [0.3, 0.4) is 0 Å². The predicted octanol–water partition coefficient (Wildman–Crippen LogP) is 4.48. The first-order valence-electron chi connectivity index (χ1n) is 7.38. The average molecular weight is 297 g/mol. The minimum absolute atomic E-state index is 0.0655. The molecule has 5 heteroatoms. The maximum Gasteiger partial charge on any atom is 0.322 e. The third kappa shape index (κ3) is 3.72. The first kappa shape index (κ1) is 17.0. The highest BCUT2D eigenvalue weighted by molar-refractivity contribution is 7.10. The topological polar surface area (TPSA) is 45.2 Å². The second kappa shape index (κ2) is 7.07. The van der Waals surface area contributed by atoms with Crippen LogP contribution in [0.2, 0.25) is 0 Å². The number of rotatable bonds is 6. The Morgan fingerprint density at radius 3 is 2.55 bits per heavy atom. The molecule has 0 spiro atoms.